The van der Waals surface area contributed by atoms with Gasteiger partial charge in [0.25, 0.3) is 0 Å². The minimum absolute atomic E-state index is 0.101. The molecule has 1 fully saturated rings. The van der Waals surface area contributed by atoms with E-state index in [-0.39, 0.29) is 17.2 Å². The number of methoxy groups -OCH3 is 1. The fourth-order valence-corrected chi connectivity index (χ4v) is 6.29. The van der Waals surface area contributed by atoms with Crippen LogP contribution in [0.1, 0.15) is 111 Å². The highest BCUT2D eigenvalue weighted by molar-refractivity contribution is 6.74. The van der Waals surface area contributed by atoms with Crippen LogP contribution in [0.25, 0.3) is 0 Å². The van der Waals surface area contributed by atoms with E-state index in [1.165, 1.54) is 38.5 Å². The molecule has 42 heavy (non-hydrogen) atoms. The molecule has 0 spiro atoms. The Bertz CT molecular complexity index is 943. The topological polar surface area (TPSA) is 66.4 Å². The van der Waals surface area contributed by atoms with E-state index in [9.17, 15) is 5.11 Å². The lowest BCUT2D eigenvalue weighted by molar-refractivity contribution is -0.144. The summed E-state index contributed by atoms with van der Waals surface area (Å²) in [5.41, 5.74) is 1.06. The van der Waals surface area contributed by atoms with Crippen LogP contribution in [0, 0.1) is 11.8 Å². The molecule has 0 aliphatic carbocycles. The first-order valence-electron chi connectivity index (χ1n) is 16.2. The normalized spacial score (nSPS) is 20.1. The molecule has 6 nitrogen and oxygen atoms in total. The molecule has 0 amide bonds. The Balaban J connectivity index is 1.95. The van der Waals surface area contributed by atoms with Crippen molar-refractivity contribution in [2.24, 2.45) is 0 Å². The predicted octanol–water partition coefficient (Wildman–Crippen LogP) is 8.41. The summed E-state index contributed by atoms with van der Waals surface area (Å²) in [6, 6.07) is 7.78. The van der Waals surface area contributed by atoms with Gasteiger partial charge in [0, 0.05) is 18.9 Å². The monoisotopic (exact) mass is 604 g/mol. The Kier molecular flexibility index (Phi) is 15.6. The summed E-state index contributed by atoms with van der Waals surface area (Å²) in [6.45, 7) is 18.5. The van der Waals surface area contributed by atoms with E-state index in [0.29, 0.717) is 19.6 Å². The van der Waals surface area contributed by atoms with E-state index in [2.05, 4.69) is 52.6 Å². The maximum absolute atomic E-state index is 10.6. The highest BCUT2D eigenvalue weighted by atomic mass is 28.4. The zero-order valence-electron chi connectivity index (χ0n) is 28.1. The van der Waals surface area contributed by atoms with Gasteiger partial charge in [-0.2, -0.15) is 0 Å². The first-order chi connectivity index (χ1) is 19.8. The number of hydrogen-bond donors (Lipinski definition) is 1. The van der Waals surface area contributed by atoms with Crippen molar-refractivity contribution in [2.75, 3.05) is 13.7 Å². The molecule has 0 aromatic heterocycles. The van der Waals surface area contributed by atoms with E-state index >= 15 is 0 Å². The van der Waals surface area contributed by atoms with Gasteiger partial charge in [0.05, 0.1) is 20.3 Å². The Hall–Kier alpha value is -1.40. The molecule has 0 radical (unpaired) electrons. The second kappa shape index (κ2) is 17.8. The van der Waals surface area contributed by atoms with Gasteiger partial charge >= 0.3 is 0 Å². The standard InChI is InChI=1S/C35H60O6Si/c1-10-11-12-13-14-15-16-17-31(41-42(8,9)34(2,3)4)26-33-32(39-35(5,6)40-33)23-20-29(36)24-25-38-27-28-18-21-30(37-7)22-19-28/h18-19,21-22,29,31-33,36H,10-17,24-27H2,1-9H3/t29-,31-,32+,33+/m1/s1. The minimum atomic E-state index is -1.96. The van der Waals surface area contributed by atoms with Crippen LogP contribution in [-0.4, -0.2) is 57.3 Å². The highest BCUT2D eigenvalue weighted by Crippen LogP contribution is 2.39. The number of rotatable bonds is 18. The second-order valence-corrected chi connectivity index (χ2v) is 18.5. The Morgan fingerprint density at radius 1 is 0.976 bits per heavy atom. The number of hydrogen-bond acceptors (Lipinski definition) is 6. The van der Waals surface area contributed by atoms with Crippen LogP contribution in [0.3, 0.4) is 0 Å². The van der Waals surface area contributed by atoms with Gasteiger partial charge in [0.15, 0.2) is 14.1 Å². The van der Waals surface area contributed by atoms with Gasteiger partial charge in [0.1, 0.15) is 24.1 Å². The zero-order chi connectivity index (χ0) is 31.2. The third-order valence-corrected chi connectivity index (χ3v) is 13.0. The molecule has 240 valence electrons. The Morgan fingerprint density at radius 3 is 2.24 bits per heavy atom. The van der Waals surface area contributed by atoms with Crippen molar-refractivity contribution in [1.29, 1.82) is 0 Å². The third kappa shape index (κ3) is 13.5. The summed E-state index contributed by atoms with van der Waals surface area (Å²) in [6.07, 6.45) is 9.86. The van der Waals surface area contributed by atoms with Crippen molar-refractivity contribution in [3.05, 3.63) is 29.8 Å². The van der Waals surface area contributed by atoms with Crippen LogP contribution in [0.2, 0.25) is 18.1 Å². The first-order valence-corrected chi connectivity index (χ1v) is 19.1. The van der Waals surface area contributed by atoms with Crippen molar-refractivity contribution in [2.45, 2.75) is 161 Å². The fourth-order valence-electron chi connectivity index (χ4n) is 4.89. The lowest BCUT2D eigenvalue weighted by Gasteiger charge is -2.40. The highest BCUT2D eigenvalue weighted by Gasteiger charge is 2.44. The predicted molar refractivity (Wildman–Crippen MR) is 174 cm³/mol. The van der Waals surface area contributed by atoms with Gasteiger partial charge in [-0.1, -0.05) is 96.6 Å². The maximum Gasteiger partial charge on any atom is 0.192 e. The minimum Gasteiger partial charge on any atom is -0.497 e. The molecule has 1 aliphatic heterocycles. The molecule has 1 saturated heterocycles. The largest absolute Gasteiger partial charge is 0.497 e. The van der Waals surface area contributed by atoms with E-state index in [0.717, 1.165) is 30.6 Å². The van der Waals surface area contributed by atoms with E-state index < -0.39 is 26.3 Å². The van der Waals surface area contributed by atoms with Gasteiger partial charge in [-0.3, -0.25) is 0 Å². The number of aliphatic hydroxyl groups is 1. The first kappa shape index (κ1) is 36.8. The van der Waals surface area contributed by atoms with Gasteiger partial charge in [-0.05, 0) is 56.1 Å². The van der Waals surface area contributed by atoms with Crippen LogP contribution >= 0.6 is 0 Å². The molecule has 0 saturated carbocycles. The molecule has 1 aromatic rings. The molecular weight excluding hydrogens is 544 g/mol. The molecular formula is C35H60O6Si. The lowest BCUT2D eigenvalue weighted by Crippen LogP contribution is -2.45. The quantitative estimate of drug-likeness (QED) is 0.103. The average molecular weight is 605 g/mol. The zero-order valence-corrected chi connectivity index (χ0v) is 29.1. The van der Waals surface area contributed by atoms with E-state index in [1.807, 2.05) is 38.1 Å². The molecule has 7 heteroatoms. The summed E-state index contributed by atoms with van der Waals surface area (Å²) < 4.78 is 30.5. The van der Waals surface area contributed by atoms with Gasteiger partial charge in [0.2, 0.25) is 0 Å². The Labute approximate surface area is 258 Å². The molecule has 1 N–H and O–H groups in total. The van der Waals surface area contributed by atoms with Crippen molar-refractivity contribution >= 4 is 8.32 Å². The number of unbranched alkanes of at least 4 members (excludes halogenated alkanes) is 6. The number of aliphatic hydroxyl groups excluding tert-OH is 1. The van der Waals surface area contributed by atoms with Crippen LogP contribution < -0.4 is 4.74 Å². The van der Waals surface area contributed by atoms with Gasteiger partial charge < -0.3 is 28.5 Å². The third-order valence-electron chi connectivity index (χ3n) is 8.43. The summed E-state index contributed by atoms with van der Waals surface area (Å²) in [4.78, 5) is 0. The molecule has 1 aliphatic rings. The van der Waals surface area contributed by atoms with Gasteiger partial charge in [-0.25, -0.2) is 0 Å². The van der Waals surface area contributed by atoms with Crippen LogP contribution in [-0.2, 0) is 25.2 Å². The number of ether oxygens (including phenoxy) is 4. The molecule has 1 aromatic carbocycles. The lowest BCUT2D eigenvalue weighted by atomic mass is 10.0. The van der Waals surface area contributed by atoms with Crippen LogP contribution in [0.15, 0.2) is 24.3 Å². The SMILES string of the molecule is CCCCCCCCC[C@H](C[C@@H]1OC(C)(C)O[C@H]1C#C[C@@H](O)CCOCc1ccc(OC)cc1)O[Si](C)(C)C(C)(C)C. The number of benzene rings is 1. The molecule has 1 heterocycles. The fraction of sp³-hybridized carbons (Fsp3) is 0.771. The van der Waals surface area contributed by atoms with Crippen molar-refractivity contribution in [3.8, 4) is 17.6 Å². The van der Waals surface area contributed by atoms with Crippen molar-refractivity contribution < 1.29 is 28.5 Å². The Morgan fingerprint density at radius 2 is 1.62 bits per heavy atom. The van der Waals surface area contributed by atoms with Crippen molar-refractivity contribution in [3.63, 3.8) is 0 Å². The summed E-state index contributed by atoms with van der Waals surface area (Å²) in [5, 5.41) is 10.7. The van der Waals surface area contributed by atoms with Gasteiger partial charge in [-0.15, -0.1) is 0 Å². The van der Waals surface area contributed by atoms with E-state index in [1.54, 1.807) is 7.11 Å². The second-order valence-electron chi connectivity index (χ2n) is 13.7. The smallest absolute Gasteiger partial charge is 0.192 e. The summed E-state index contributed by atoms with van der Waals surface area (Å²) in [7, 11) is -0.309. The van der Waals surface area contributed by atoms with Crippen LogP contribution in [0.5, 0.6) is 5.75 Å². The summed E-state index contributed by atoms with van der Waals surface area (Å²) >= 11 is 0. The van der Waals surface area contributed by atoms with Crippen LogP contribution in [0.4, 0.5) is 0 Å². The molecule has 4 atom stereocenters. The average Bonchev–Trinajstić information content (AvgIpc) is 3.21. The molecule has 0 unspecified atom stereocenters. The van der Waals surface area contributed by atoms with E-state index in [4.69, 9.17) is 23.4 Å². The maximum atomic E-state index is 10.6. The van der Waals surface area contributed by atoms with Crippen molar-refractivity contribution in [1.82, 2.24) is 0 Å². The molecule has 0 bridgehead atoms. The molecule has 2 rings (SSSR count). The summed E-state index contributed by atoms with van der Waals surface area (Å²) in [5.74, 6) is 6.29.